The van der Waals surface area contributed by atoms with Crippen molar-refractivity contribution in [2.24, 2.45) is 39.9 Å². The minimum absolute atomic E-state index is 0.250. The van der Waals surface area contributed by atoms with Gasteiger partial charge in [-0.3, -0.25) is 4.98 Å². The second-order valence-electron chi connectivity index (χ2n) is 15.3. The molecule has 39 heavy (non-hydrogen) atoms. The number of hydrogen-bond acceptors (Lipinski definition) is 3. The average Bonchev–Trinajstić information content (AvgIpc) is 3.50. The molecule has 0 spiro atoms. The Morgan fingerprint density at radius 2 is 1.85 bits per heavy atom. The summed E-state index contributed by atoms with van der Waals surface area (Å²) in [5, 5.41) is 11.7. The summed E-state index contributed by atoms with van der Waals surface area (Å²) < 4.78 is 2.23. The molecule has 206 valence electrons. The van der Waals surface area contributed by atoms with Crippen molar-refractivity contribution in [1.82, 2.24) is 20.0 Å². The van der Waals surface area contributed by atoms with Crippen molar-refractivity contribution in [3.63, 3.8) is 0 Å². The van der Waals surface area contributed by atoms with Crippen LogP contribution in [-0.4, -0.2) is 20.0 Å². The molecule has 7 rings (SSSR count). The van der Waals surface area contributed by atoms with Crippen LogP contribution in [0.3, 0.4) is 0 Å². The van der Waals surface area contributed by atoms with Crippen molar-refractivity contribution in [3.05, 3.63) is 60.2 Å². The number of hydrogen-bond donors (Lipinski definition) is 0. The van der Waals surface area contributed by atoms with E-state index in [4.69, 9.17) is 0 Å². The van der Waals surface area contributed by atoms with E-state index >= 15 is 0 Å². The van der Waals surface area contributed by atoms with Gasteiger partial charge in [0, 0.05) is 24.0 Å². The van der Waals surface area contributed by atoms with Gasteiger partial charge < -0.3 is 0 Å². The fraction of sp³-hybridized carbons (Fsp3) is 0.629. The Labute approximate surface area is 234 Å². The zero-order valence-electron chi connectivity index (χ0n) is 24.7. The van der Waals surface area contributed by atoms with Crippen LogP contribution >= 0.6 is 0 Å². The first-order chi connectivity index (χ1) is 18.6. The minimum atomic E-state index is 0.250. The molecule has 0 unspecified atom stereocenters. The number of allylic oxidation sites excluding steroid dienone is 2. The van der Waals surface area contributed by atoms with Gasteiger partial charge in [0.05, 0.1) is 11.7 Å². The lowest BCUT2D eigenvalue weighted by atomic mass is 9.44. The first-order valence-electron chi connectivity index (χ1n) is 15.6. The molecule has 4 nitrogen and oxygen atoms in total. The second-order valence-corrected chi connectivity index (χ2v) is 15.3. The largest absolute Gasteiger partial charge is 0.264 e. The lowest BCUT2D eigenvalue weighted by Crippen LogP contribution is -2.53. The summed E-state index contributed by atoms with van der Waals surface area (Å²) in [5.74, 6) is 3.35. The second kappa shape index (κ2) is 9.01. The van der Waals surface area contributed by atoms with Crippen LogP contribution in [0.1, 0.15) is 103 Å². The highest BCUT2D eigenvalue weighted by Crippen LogP contribution is 2.68. The molecular weight excluding hydrogens is 476 g/mol. The lowest BCUT2D eigenvalue weighted by Gasteiger charge is -2.61. The van der Waals surface area contributed by atoms with E-state index in [1.54, 1.807) is 5.57 Å². The Kier molecular flexibility index (Phi) is 5.89. The molecule has 0 amide bonds. The van der Waals surface area contributed by atoms with E-state index in [1.165, 1.54) is 67.7 Å². The van der Waals surface area contributed by atoms with E-state index in [0.717, 1.165) is 35.8 Å². The number of nitrogens with zero attached hydrogens (tertiary/aromatic N) is 4. The van der Waals surface area contributed by atoms with Crippen LogP contribution in [0.5, 0.6) is 0 Å². The summed E-state index contributed by atoms with van der Waals surface area (Å²) in [6.45, 7) is 12.1. The van der Waals surface area contributed by atoms with Crippen LogP contribution in [0, 0.1) is 39.9 Å². The topological polar surface area (TPSA) is 43.6 Å². The van der Waals surface area contributed by atoms with E-state index in [0.29, 0.717) is 16.9 Å². The van der Waals surface area contributed by atoms with Crippen LogP contribution in [-0.2, 0) is 6.42 Å². The molecule has 1 aromatic carbocycles. The molecule has 3 fully saturated rings. The van der Waals surface area contributed by atoms with Gasteiger partial charge in [0.25, 0.3) is 0 Å². The van der Waals surface area contributed by atoms with Crippen LogP contribution in [0.4, 0.5) is 0 Å². The molecule has 2 aromatic heterocycles. The molecule has 3 saturated carbocycles. The molecule has 4 aliphatic carbocycles. The van der Waals surface area contributed by atoms with Crippen molar-refractivity contribution < 1.29 is 0 Å². The highest BCUT2D eigenvalue weighted by molar-refractivity contribution is 5.86. The Morgan fingerprint density at radius 3 is 2.69 bits per heavy atom. The Balaban J connectivity index is 1.09. The summed E-state index contributed by atoms with van der Waals surface area (Å²) >= 11 is 0. The minimum Gasteiger partial charge on any atom is -0.264 e. The molecule has 0 aliphatic heterocycles. The van der Waals surface area contributed by atoms with Crippen molar-refractivity contribution in [1.29, 1.82) is 0 Å². The third kappa shape index (κ3) is 4.19. The monoisotopic (exact) mass is 522 g/mol. The number of benzene rings is 1. The van der Waals surface area contributed by atoms with Crippen LogP contribution < -0.4 is 0 Å². The summed E-state index contributed by atoms with van der Waals surface area (Å²) in [4.78, 5) is 4.39. The standard InChI is InChI=1S/C35H46N4/c1-33(2,3)20-27-22-39(38-37-27)28-12-15-34(4)26(19-28)8-9-29-31-11-10-30(35(31,5)16-13-32(29)34)24-7-6-23-14-17-36-21-25(23)18-24/h6-7,10,14,17-18,21-22,26,28-29,31-32H,8-9,11-13,15-16,19-20H2,1-5H3/t26-,28+,29-,31-,32-,34-,35+/m0/s1. The predicted octanol–water partition coefficient (Wildman–Crippen LogP) is 8.69. The number of fused-ring (bicyclic) bond motifs is 6. The Morgan fingerprint density at radius 1 is 0.974 bits per heavy atom. The third-order valence-electron chi connectivity index (χ3n) is 11.8. The van der Waals surface area contributed by atoms with Crippen LogP contribution in [0.2, 0.25) is 0 Å². The van der Waals surface area contributed by atoms with Crippen molar-refractivity contribution in [2.75, 3.05) is 0 Å². The van der Waals surface area contributed by atoms with Crippen LogP contribution in [0.25, 0.3) is 16.3 Å². The molecule has 0 bridgehead atoms. The zero-order chi connectivity index (χ0) is 27.0. The average molecular weight is 523 g/mol. The fourth-order valence-electron chi connectivity index (χ4n) is 9.86. The molecule has 0 radical (unpaired) electrons. The quantitative estimate of drug-likeness (QED) is 0.345. The third-order valence-corrected chi connectivity index (χ3v) is 11.8. The van der Waals surface area contributed by atoms with Gasteiger partial charge >= 0.3 is 0 Å². The van der Waals surface area contributed by atoms with Gasteiger partial charge in [0.1, 0.15) is 0 Å². The maximum Gasteiger partial charge on any atom is 0.0832 e. The van der Waals surface area contributed by atoms with Gasteiger partial charge in [0.2, 0.25) is 0 Å². The molecule has 7 atom stereocenters. The van der Waals surface area contributed by atoms with Crippen molar-refractivity contribution in [2.45, 2.75) is 98.4 Å². The van der Waals surface area contributed by atoms with E-state index < -0.39 is 0 Å². The molecule has 3 aromatic rings. The summed E-state index contributed by atoms with van der Waals surface area (Å²) in [5.41, 5.74) is 5.23. The first-order valence-corrected chi connectivity index (χ1v) is 15.6. The highest BCUT2D eigenvalue weighted by atomic mass is 15.4. The lowest BCUT2D eigenvalue weighted by molar-refractivity contribution is -0.103. The first kappa shape index (κ1) is 25.5. The molecule has 2 heterocycles. The maximum atomic E-state index is 4.63. The van der Waals surface area contributed by atoms with Crippen molar-refractivity contribution >= 4 is 16.3 Å². The number of pyridine rings is 1. The van der Waals surface area contributed by atoms with Crippen molar-refractivity contribution in [3.8, 4) is 0 Å². The zero-order valence-corrected chi connectivity index (χ0v) is 24.7. The van der Waals surface area contributed by atoms with Crippen LogP contribution in [0.15, 0.2) is 48.9 Å². The Bertz CT molecular complexity index is 1410. The van der Waals surface area contributed by atoms with E-state index in [1.807, 2.05) is 12.4 Å². The van der Waals surface area contributed by atoms with Gasteiger partial charge in [-0.25, -0.2) is 4.68 Å². The number of rotatable bonds is 3. The van der Waals surface area contributed by atoms with Gasteiger partial charge in [-0.1, -0.05) is 58.0 Å². The summed E-state index contributed by atoms with van der Waals surface area (Å²) in [7, 11) is 0. The molecule has 0 N–H and O–H groups in total. The predicted molar refractivity (Wildman–Crippen MR) is 159 cm³/mol. The molecule has 0 saturated heterocycles. The molecular formula is C35H46N4. The van der Waals surface area contributed by atoms with Gasteiger partial charge in [-0.15, -0.1) is 5.10 Å². The summed E-state index contributed by atoms with van der Waals surface area (Å²) in [6, 6.07) is 9.70. The fourth-order valence-corrected chi connectivity index (χ4v) is 9.86. The maximum absolute atomic E-state index is 4.63. The molecule has 4 aliphatic rings. The SMILES string of the molecule is CC(C)(C)Cc1cn([C@@H]2CC[C@@]3(C)[C@@H](CC[C@@H]4[C@@H]3CC[C@]3(C)C(c5ccc6ccncc6c5)=CC[C@@H]43)C2)nn1. The highest BCUT2D eigenvalue weighted by Gasteiger charge is 2.58. The van der Waals surface area contributed by atoms with Gasteiger partial charge in [0.15, 0.2) is 0 Å². The van der Waals surface area contributed by atoms with Gasteiger partial charge in [-0.05, 0) is 126 Å². The smallest absolute Gasteiger partial charge is 0.0832 e. The molecule has 4 heteroatoms. The van der Waals surface area contributed by atoms with E-state index in [2.05, 4.69) is 91.1 Å². The Hall–Kier alpha value is -2.49. The number of aromatic nitrogens is 4. The van der Waals surface area contributed by atoms with Gasteiger partial charge in [-0.2, -0.15) is 0 Å². The van der Waals surface area contributed by atoms with E-state index in [9.17, 15) is 0 Å². The normalized spacial score (nSPS) is 36.2. The van der Waals surface area contributed by atoms with E-state index in [-0.39, 0.29) is 5.41 Å². The summed E-state index contributed by atoms with van der Waals surface area (Å²) in [6.07, 6.45) is 20.5.